The van der Waals surface area contributed by atoms with Gasteiger partial charge in [0.1, 0.15) is 10.1 Å². The minimum atomic E-state index is -0.904. The van der Waals surface area contributed by atoms with E-state index in [4.69, 9.17) is 22.1 Å². The number of thiazole rings is 1. The largest absolute Gasteiger partial charge is 0.494 e. The van der Waals surface area contributed by atoms with Crippen LogP contribution in [0.15, 0.2) is 12.1 Å². The maximum absolute atomic E-state index is 10.6. The van der Waals surface area contributed by atoms with E-state index in [9.17, 15) is 4.79 Å². The number of aromatic nitrogens is 1. The molecule has 0 amide bonds. The van der Waals surface area contributed by atoms with Gasteiger partial charge in [-0.2, -0.15) is 0 Å². The van der Waals surface area contributed by atoms with Crippen molar-refractivity contribution in [3.8, 4) is 5.75 Å². The summed E-state index contributed by atoms with van der Waals surface area (Å²) in [4.78, 5) is 15.3. The minimum absolute atomic E-state index is 0.0167. The third-order valence-electron chi connectivity index (χ3n) is 2.91. The third kappa shape index (κ3) is 4.55. The molecular weight excluding hydrogens is 352 g/mol. The molecule has 0 aliphatic rings. The number of carboxylic acid groups (broad SMARTS) is 1. The molecule has 1 aromatic heterocycles. The highest BCUT2D eigenvalue weighted by atomic mass is 32.2. The average molecular weight is 371 g/mol. The summed E-state index contributed by atoms with van der Waals surface area (Å²) < 4.78 is 6.82. The summed E-state index contributed by atoms with van der Waals surface area (Å²) in [6.45, 7) is 6.37. The summed E-state index contributed by atoms with van der Waals surface area (Å²) in [6.07, 6.45) is 0. The fourth-order valence-electron chi connectivity index (χ4n) is 1.82. The third-order valence-corrected chi connectivity index (χ3v) is 5.57. The summed E-state index contributed by atoms with van der Waals surface area (Å²) in [5.41, 5.74) is 1.58. The molecule has 2 N–H and O–H groups in total. The van der Waals surface area contributed by atoms with E-state index in [0.717, 1.165) is 27.0 Å². The van der Waals surface area contributed by atoms with Crippen LogP contribution in [0.4, 0.5) is 5.69 Å². The van der Waals surface area contributed by atoms with Gasteiger partial charge >= 0.3 is 5.97 Å². The molecule has 5 nitrogen and oxygen atoms in total. The van der Waals surface area contributed by atoms with Crippen LogP contribution >= 0.6 is 35.3 Å². The van der Waals surface area contributed by atoms with E-state index in [0.29, 0.717) is 15.8 Å². The maximum Gasteiger partial charge on any atom is 0.313 e. The Balaban J connectivity index is 2.31. The molecule has 0 bridgehead atoms. The van der Waals surface area contributed by atoms with Gasteiger partial charge in [0.05, 0.1) is 33.8 Å². The summed E-state index contributed by atoms with van der Waals surface area (Å²) in [5, 5.41) is 12.8. The van der Waals surface area contributed by atoms with Crippen molar-refractivity contribution in [2.24, 2.45) is 0 Å². The smallest absolute Gasteiger partial charge is 0.313 e. The van der Waals surface area contributed by atoms with Gasteiger partial charge in [-0.25, -0.2) is 4.98 Å². The van der Waals surface area contributed by atoms with Crippen molar-refractivity contribution < 1.29 is 14.6 Å². The lowest BCUT2D eigenvalue weighted by molar-refractivity contribution is -0.133. The van der Waals surface area contributed by atoms with Crippen molar-refractivity contribution in [2.45, 2.75) is 26.2 Å². The van der Waals surface area contributed by atoms with Gasteiger partial charge < -0.3 is 15.2 Å². The second kappa shape index (κ2) is 7.02. The van der Waals surface area contributed by atoms with Gasteiger partial charge in [-0.15, -0.1) is 11.3 Å². The van der Waals surface area contributed by atoms with E-state index in [1.54, 1.807) is 18.4 Å². The zero-order valence-electron chi connectivity index (χ0n) is 13.3. The SMILES string of the molecule is COc1cc2nc(C(C)(C)C)sc2cc1NC(=S)SCC(=O)O. The molecule has 2 aromatic rings. The molecule has 0 atom stereocenters. The van der Waals surface area contributed by atoms with Gasteiger partial charge in [-0.3, -0.25) is 4.79 Å². The van der Waals surface area contributed by atoms with Crippen LogP contribution in [0.1, 0.15) is 25.8 Å². The Morgan fingerprint density at radius 2 is 2.17 bits per heavy atom. The molecule has 23 heavy (non-hydrogen) atoms. The van der Waals surface area contributed by atoms with Crippen LogP contribution in [0.25, 0.3) is 10.2 Å². The molecule has 0 fully saturated rings. The van der Waals surface area contributed by atoms with Crippen LogP contribution in [0.3, 0.4) is 0 Å². The van der Waals surface area contributed by atoms with Gasteiger partial charge in [0.25, 0.3) is 0 Å². The van der Waals surface area contributed by atoms with E-state index in [1.807, 2.05) is 12.1 Å². The molecule has 0 spiro atoms. The van der Waals surface area contributed by atoms with E-state index in [-0.39, 0.29) is 11.2 Å². The topological polar surface area (TPSA) is 71.5 Å². The molecule has 0 unspecified atom stereocenters. The standard InChI is InChI=1S/C15H18N2O3S3/c1-15(2,3)13-16-9-5-10(20-4)8(6-11(9)23-13)17-14(21)22-7-12(18)19/h5-6H,7H2,1-4H3,(H,17,21)(H,18,19). The number of methoxy groups -OCH3 is 1. The van der Waals surface area contributed by atoms with Crippen LogP contribution in [0.5, 0.6) is 5.75 Å². The van der Waals surface area contributed by atoms with Crippen molar-refractivity contribution in [1.29, 1.82) is 0 Å². The molecule has 0 radical (unpaired) electrons. The molecule has 124 valence electrons. The minimum Gasteiger partial charge on any atom is -0.494 e. The molecule has 1 heterocycles. The molecule has 0 aliphatic heterocycles. The number of rotatable bonds is 4. The highest BCUT2D eigenvalue weighted by Crippen LogP contribution is 2.37. The van der Waals surface area contributed by atoms with Crippen molar-refractivity contribution in [3.05, 3.63) is 17.1 Å². The molecule has 8 heteroatoms. The number of hydrogen-bond donors (Lipinski definition) is 2. The number of benzene rings is 1. The van der Waals surface area contributed by atoms with E-state index >= 15 is 0 Å². The molecular formula is C15H18N2O3S3. The lowest BCUT2D eigenvalue weighted by Gasteiger charge is -2.13. The summed E-state index contributed by atoms with van der Waals surface area (Å²) in [5.74, 6) is -0.356. The van der Waals surface area contributed by atoms with Crippen LogP contribution < -0.4 is 10.1 Å². The lowest BCUT2D eigenvalue weighted by atomic mass is 9.98. The molecule has 0 saturated carbocycles. The van der Waals surface area contributed by atoms with Crippen LogP contribution in [-0.2, 0) is 10.2 Å². The molecule has 0 saturated heterocycles. The van der Waals surface area contributed by atoms with Crippen LogP contribution in [0, 0.1) is 0 Å². The first-order valence-corrected chi connectivity index (χ1v) is 9.06. The number of hydrogen-bond acceptors (Lipinski definition) is 6. The van der Waals surface area contributed by atoms with Crippen LogP contribution in [-0.4, -0.2) is 33.2 Å². The number of carboxylic acids is 1. The van der Waals surface area contributed by atoms with Gasteiger partial charge in [-0.05, 0) is 6.07 Å². The Kier molecular flexibility index (Phi) is 5.49. The number of nitrogens with zero attached hydrogens (tertiary/aromatic N) is 1. The Labute approximate surface area is 148 Å². The number of carbonyl (C=O) groups is 1. The first-order chi connectivity index (χ1) is 10.7. The summed E-state index contributed by atoms with van der Waals surface area (Å²) in [7, 11) is 1.58. The molecule has 0 aliphatic carbocycles. The van der Waals surface area contributed by atoms with Crippen molar-refractivity contribution in [1.82, 2.24) is 4.98 Å². The van der Waals surface area contributed by atoms with Gasteiger partial charge in [0, 0.05) is 11.5 Å². The number of ether oxygens (including phenoxy) is 1. The van der Waals surface area contributed by atoms with Gasteiger partial charge in [-0.1, -0.05) is 44.8 Å². The van der Waals surface area contributed by atoms with Crippen LogP contribution in [0.2, 0.25) is 0 Å². The number of thioether (sulfide) groups is 1. The quantitative estimate of drug-likeness (QED) is 0.785. The van der Waals surface area contributed by atoms with Gasteiger partial charge in [0.15, 0.2) is 0 Å². The Bertz CT molecular complexity index is 750. The normalized spacial score (nSPS) is 11.5. The number of fused-ring (bicyclic) bond motifs is 1. The van der Waals surface area contributed by atoms with E-state index in [2.05, 4.69) is 31.1 Å². The maximum atomic E-state index is 10.6. The Morgan fingerprint density at radius 3 is 2.74 bits per heavy atom. The monoisotopic (exact) mass is 370 g/mol. The van der Waals surface area contributed by atoms with Gasteiger partial charge in [0.2, 0.25) is 0 Å². The average Bonchev–Trinajstić information content (AvgIpc) is 2.87. The second-order valence-corrected chi connectivity index (χ2v) is 8.57. The fraction of sp³-hybridized carbons (Fsp3) is 0.400. The first kappa shape index (κ1) is 18.0. The Morgan fingerprint density at radius 1 is 1.48 bits per heavy atom. The number of anilines is 1. The number of thiocarbonyl (C=S) groups is 1. The summed E-state index contributed by atoms with van der Waals surface area (Å²) in [6, 6.07) is 3.81. The highest BCUT2D eigenvalue weighted by molar-refractivity contribution is 8.23. The predicted molar refractivity (Wildman–Crippen MR) is 101 cm³/mol. The zero-order chi connectivity index (χ0) is 17.2. The van der Waals surface area contributed by atoms with Crippen molar-refractivity contribution >= 4 is 61.5 Å². The molecule has 1 aromatic carbocycles. The van der Waals surface area contributed by atoms with Crippen molar-refractivity contribution in [2.75, 3.05) is 18.2 Å². The zero-order valence-corrected chi connectivity index (χ0v) is 15.7. The second-order valence-electron chi connectivity index (χ2n) is 5.88. The number of aliphatic carboxylic acids is 1. The number of nitrogens with one attached hydrogen (secondary N) is 1. The Hall–Kier alpha value is -1.38. The molecule has 2 rings (SSSR count). The summed E-state index contributed by atoms with van der Waals surface area (Å²) >= 11 is 7.87. The van der Waals surface area contributed by atoms with E-state index < -0.39 is 5.97 Å². The highest BCUT2D eigenvalue weighted by Gasteiger charge is 2.20. The first-order valence-electron chi connectivity index (χ1n) is 6.85. The predicted octanol–water partition coefficient (Wildman–Crippen LogP) is 4.12. The fourth-order valence-corrected chi connectivity index (χ4v) is 3.58. The van der Waals surface area contributed by atoms with Crippen molar-refractivity contribution in [3.63, 3.8) is 0 Å². The lowest BCUT2D eigenvalue weighted by Crippen LogP contribution is -2.10. The van der Waals surface area contributed by atoms with E-state index in [1.165, 1.54) is 0 Å².